The Labute approximate surface area is 162 Å². The molecule has 1 atom stereocenters. The number of nitrogens with zero attached hydrogens (tertiary/aromatic N) is 2. The Kier molecular flexibility index (Phi) is 6.01. The van der Waals surface area contributed by atoms with Crippen LogP contribution < -0.4 is 4.90 Å². The number of fused-ring (bicyclic) bond motifs is 1. The van der Waals surface area contributed by atoms with E-state index in [1.807, 2.05) is 50.2 Å². The minimum atomic E-state index is -1.10. The largest absolute Gasteiger partial charge is 0.615 e. The smallest absolute Gasteiger partial charge is 0.252 e. The zero-order valence-corrected chi connectivity index (χ0v) is 16.4. The molecule has 26 heavy (non-hydrogen) atoms. The van der Waals surface area contributed by atoms with Gasteiger partial charge in [0.05, 0.1) is 11.4 Å². The lowest BCUT2D eigenvalue weighted by Gasteiger charge is -2.24. The fourth-order valence-electron chi connectivity index (χ4n) is 3.03. The molecule has 3 rings (SSSR count). The lowest BCUT2D eigenvalue weighted by atomic mass is 9.97. The molecule has 136 valence electrons. The predicted molar refractivity (Wildman–Crippen MR) is 109 cm³/mol. The molecule has 1 amide bonds. The average Bonchev–Trinajstić information content (AvgIpc) is 2.73. The van der Waals surface area contributed by atoms with Crippen LogP contribution in [0.1, 0.15) is 30.0 Å². The topological polar surface area (TPSA) is 55.7 Å². The molecule has 0 aliphatic carbocycles. The number of carbonyl (C=O) groups excluding carboxylic acids is 1. The van der Waals surface area contributed by atoms with Crippen molar-refractivity contribution in [3.63, 3.8) is 0 Å². The van der Waals surface area contributed by atoms with Gasteiger partial charge in [-0.05, 0) is 48.3 Å². The third-order valence-corrected chi connectivity index (χ3v) is 5.93. The second-order valence-corrected chi connectivity index (χ2v) is 8.22. The maximum absolute atomic E-state index is 12.7. The summed E-state index contributed by atoms with van der Waals surface area (Å²) in [7, 11) is 0. The number of aryl methyl sites for hydroxylation is 1. The Morgan fingerprint density at radius 3 is 2.73 bits per heavy atom. The summed E-state index contributed by atoms with van der Waals surface area (Å²) in [6, 6.07) is 13.3. The third-order valence-electron chi connectivity index (χ3n) is 4.28. The quantitative estimate of drug-likeness (QED) is 0.728. The first kappa shape index (κ1) is 19.0. The van der Waals surface area contributed by atoms with Crippen LogP contribution in [-0.2, 0) is 16.0 Å². The van der Waals surface area contributed by atoms with Crippen LogP contribution in [0.15, 0.2) is 47.5 Å². The van der Waals surface area contributed by atoms with E-state index in [1.54, 1.807) is 11.0 Å². The molecule has 0 bridgehead atoms. The second kappa shape index (κ2) is 8.25. The molecular formula is C20H21ClN2O2S. The van der Waals surface area contributed by atoms with Crippen molar-refractivity contribution in [1.82, 2.24) is 0 Å². The molecule has 1 aliphatic heterocycles. The lowest BCUT2D eigenvalue weighted by Crippen LogP contribution is -2.37. The molecule has 0 spiro atoms. The molecule has 1 aliphatic rings. The summed E-state index contributed by atoms with van der Waals surface area (Å²) >= 11 is 5.15. The first-order valence-electron chi connectivity index (χ1n) is 8.57. The highest BCUT2D eigenvalue weighted by Crippen LogP contribution is 2.30. The van der Waals surface area contributed by atoms with Crippen molar-refractivity contribution < 1.29 is 9.35 Å². The molecule has 1 unspecified atom stereocenters. The van der Waals surface area contributed by atoms with Crippen LogP contribution in [0.5, 0.6) is 0 Å². The number of benzodiazepines with no additional fused rings is 1. The fourth-order valence-corrected chi connectivity index (χ4v) is 4.36. The number of amides is 1. The van der Waals surface area contributed by atoms with Gasteiger partial charge in [-0.25, -0.2) is 0 Å². The molecule has 0 radical (unpaired) electrons. The van der Waals surface area contributed by atoms with Gasteiger partial charge in [-0.1, -0.05) is 42.8 Å². The monoisotopic (exact) mass is 388 g/mol. The minimum Gasteiger partial charge on any atom is -0.615 e. The highest BCUT2D eigenvalue weighted by Gasteiger charge is 2.28. The lowest BCUT2D eigenvalue weighted by molar-refractivity contribution is -0.117. The van der Waals surface area contributed by atoms with Crippen LogP contribution in [0, 0.1) is 6.92 Å². The molecule has 0 saturated carbocycles. The van der Waals surface area contributed by atoms with Crippen molar-refractivity contribution in [1.29, 1.82) is 0 Å². The van der Waals surface area contributed by atoms with Crippen molar-refractivity contribution in [2.75, 3.05) is 23.1 Å². The Morgan fingerprint density at radius 2 is 2.00 bits per heavy atom. The van der Waals surface area contributed by atoms with E-state index in [0.29, 0.717) is 16.5 Å². The molecule has 2 aromatic rings. The van der Waals surface area contributed by atoms with Crippen molar-refractivity contribution >= 4 is 40.1 Å². The van der Waals surface area contributed by atoms with Gasteiger partial charge < -0.3 is 4.55 Å². The van der Waals surface area contributed by atoms with E-state index >= 15 is 0 Å². The summed E-state index contributed by atoms with van der Waals surface area (Å²) in [6.07, 6.45) is 0.813. The number of rotatable bonds is 5. The Bertz CT molecular complexity index is 853. The number of benzene rings is 2. The maximum Gasteiger partial charge on any atom is 0.252 e. The standard InChI is InChI=1S/C20H21ClN2O2S/c1-3-10-26(25)13-23-18-9-8-15(21)11-17(18)20(22-12-19(23)24)16-7-5-4-6-14(16)2/h4-9,11H,3,10,12-13H2,1-2H3. The van der Waals surface area contributed by atoms with Crippen LogP contribution >= 0.6 is 11.6 Å². The van der Waals surface area contributed by atoms with Crippen LogP contribution in [0.3, 0.4) is 0 Å². The molecule has 4 nitrogen and oxygen atoms in total. The number of carbonyl (C=O) groups is 1. The Hall–Kier alpha value is -1.82. The molecule has 0 N–H and O–H groups in total. The van der Waals surface area contributed by atoms with Crippen LogP contribution in [0.25, 0.3) is 0 Å². The SMILES string of the molecule is CCC[S+]([O-])CN1C(=O)CN=C(c2ccccc2C)c2cc(Cl)ccc21. The summed E-state index contributed by atoms with van der Waals surface area (Å²) in [5.41, 5.74) is 4.31. The van der Waals surface area contributed by atoms with Gasteiger partial charge in [-0.3, -0.25) is 14.7 Å². The maximum atomic E-state index is 12.7. The third kappa shape index (κ3) is 3.95. The molecule has 6 heteroatoms. The highest BCUT2D eigenvalue weighted by atomic mass is 35.5. The number of hydrogen-bond acceptors (Lipinski definition) is 3. The van der Waals surface area contributed by atoms with Gasteiger partial charge in [-0.15, -0.1) is 0 Å². The van der Waals surface area contributed by atoms with Crippen LogP contribution in [0.2, 0.25) is 5.02 Å². The number of halogens is 1. The van der Waals surface area contributed by atoms with Gasteiger partial charge >= 0.3 is 0 Å². The molecule has 2 aromatic carbocycles. The average molecular weight is 389 g/mol. The van der Waals surface area contributed by atoms with E-state index in [4.69, 9.17) is 11.6 Å². The van der Waals surface area contributed by atoms with E-state index in [-0.39, 0.29) is 18.3 Å². The summed E-state index contributed by atoms with van der Waals surface area (Å²) < 4.78 is 12.3. The van der Waals surface area contributed by atoms with Crippen molar-refractivity contribution in [2.45, 2.75) is 20.3 Å². The summed E-state index contributed by atoms with van der Waals surface area (Å²) in [4.78, 5) is 18.9. The summed E-state index contributed by atoms with van der Waals surface area (Å²) in [5.74, 6) is 0.595. The van der Waals surface area contributed by atoms with E-state index < -0.39 is 11.2 Å². The van der Waals surface area contributed by atoms with Gasteiger partial charge in [0.2, 0.25) is 0 Å². The molecule has 0 aromatic heterocycles. The van der Waals surface area contributed by atoms with Gasteiger partial charge in [0, 0.05) is 16.1 Å². The molecule has 0 fully saturated rings. The Morgan fingerprint density at radius 1 is 1.23 bits per heavy atom. The number of aliphatic imine (C=N–C) groups is 1. The van der Waals surface area contributed by atoms with Crippen LogP contribution in [-0.4, -0.2) is 34.3 Å². The molecular weight excluding hydrogens is 368 g/mol. The predicted octanol–water partition coefficient (Wildman–Crippen LogP) is 3.95. The van der Waals surface area contributed by atoms with Crippen molar-refractivity contribution in [2.24, 2.45) is 4.99 Å². The van der Waals surface area contributed by atoms with Gasteiger partial charge in [0.25, 0.3) is 5.91 Å². The van der Waals surface area contributed by atoms with E-state index in [0.717, 1.165) is 28.8 Å². The van der Waals surface area contributed by atoms with Gasteiger partial charge in [0.1, 0.15) is 12.3 Å². The normalized spacial score (nSPS) is 15.3. The van der Waals surface area contributed by atoms with E-state index in [1.165, 1.54) is 0 Å². The zero-order valence-electron chi connectivity index (χ0n) is 14.9. The van der Waals surface area contributed by atoms with E-state index in [9.17, 15) is 9.35 Å². The second-order valence-electron chi connectivity index (χ2n) is 6.24. The minimum absolute atomic E-state index is 0.0271. The molecule has 0 saturated heterocycles. The number of hydrogen-bond donors (Lipinski definition) is 0. The van der Waals surface area contributed by atoms with Crippen LogP contribution in [0.4, 0.5) is 5.69 Å². The molecule has 1 heterocycles. The number of anilines is 1. The first-order chi connectivity index (χ1) is 12.5. The first-order valence-corrected chi connectivity index (χ1v) is 10.4. The highest BCUT2D eigenvalue weighted by molar-refractivity contribution is 7.91. The van der Waals surface area contributed by atoms with E-state index in [2.05, 4.69) is 4.99 Å². The van der Waals surface area contributed by atoms with Crippen molar-refractivity contribution in [3.05, 3.63) is 64.2 Å². The van der Waals surface area contributed by atoms with Gasteiger partial charge in [-0.2, -0.15) is 0 Å². The summed E-state index contributed by atoms with van der Waals surface area (Å²) in [6.45, 7) is 4.03. The summed E-state index contributed by atoms with van der Waals surface area (Å²) in [5, 5.41) is 0.578. The Balaban J connectivity index is 2.10. The van der Waals surface area contributed by atoms with Crippen molar-refractivity contribution in [3.8, 4) is 0 Å². The zero-order chi connectivity index (χ0) is 18.7. The fraction of sp³-hybridized carbons (Fsp3) is 0.300. The van der Waals surface area contributed by atoms with Gasteiger partial charge in [0.15, 0.2) is 5.88 Å².